The number of benzene rings is 2. The van der Waals surface area contributed by atoms with Crippen molar-refractivity contribution in [2.75, 3.05) is 23.7 Å². The van der Waals surface area contributed by atoms with Gasteiger partial charge in [-0.1, -0.05) is 0 Å². The van der Waals surface area contributed by atoms with Crippen molar-refractivity contribution in [1.29, 1.82) is 0 Å². The van der Waals surface area contributed by atoms with E-state index < -0.39 is 21.7 Å². The molecule has 1 aromatic heterocycles. The van der Waals surface area contributed by atoms with E-state index in [9.17, 15) is 22.4 Å². The van der Waals surface area contributed by atoms with Gasteiger partial charge >= 0.3 is 0 Å². The van der Waals surface area contributed by atoms with Gasteiger partial charge in [0.15, 0.2) is 0 Å². The molecule has 1 heterocycles. The number of hydrogen-bond donors (Lipinski definition) is 3. The number of carbonyl (C=O) groups is 2. The first-order chi connectivity index (χ1) is 15.2. The van der Waals surface area contributed by atoms with Gasteiger partial charge in [-0.15, -0.1) is 11.3 Å². The van der Waals surface area contributed by atoms with Crippen LogP contribution >= 0.6 is 11.3 Å². The summed E-state index contributed by atoms with van der Waals surface area (Å²) in [5, 5.41) is 5.11. The zero-order valence-corrected chi connectivity index (χ0v) is 18.8. The standard InChI is InChI=1S/C21H20FN3O5S2/c1-13-3-10-19(31-13)21(27)23-12-20(26)24-15-6-9-18(30-2)17(11-15)25-32(28,29)16-7-4-14(22)5-8-16/h3-11,25H,12H2,1-2H3,(H,23,27)(H,24,26). The van der Waals surface area contributed by atoms with Gasteiger partial charge in [0.05, 0.1) is 29.1 Å². The minimum atomic E-state index is -4.02. The molecule has 0 saturated heterocycles. The number of methoxy groups -OCH3 is 1. The average molecular weight is 478 g/mol. The van der Waals surface area contributed by atoms with E-state index in [2.05, 4.69) is 15.4 Å². The van der Waals surface area contributed by atoms with Crippen molar-refractivity contribution in [2.24, 2.45) is 0 Å². The average Bonchev–Trinajstić information content (AvgIpc) is 3.19. The normalized spacial score (nSPS) is 11.0. The lowest BCUT2D eigenvalue weighted by Gasteiger charge is -2.14. The molecule has 0 spiro atoms. The highest BCUT2D eigenvalue weighted by Crippen LogP contribution is 2.30. The second-order valence-corrected chi connectivity index (χ2v) is 9.59. The summed E-state index contributed by atoms with van der Waals surface area (Å²) in [7, 11) is -2.66. The van der Waals surface area contributed by atoms with Gasteiger partial charge in [0.1, 0.15) is 11.6 Å². The zero-order chi connectivity index (χ0) is 23.3. The van der Waals surface area contributed by atoms with E-state index in [-0.39, 0.29) is 34.5 Å². The molecule has 11 heteroatoms. The molecule has 8 nitrogen and oxygen atoms in total. The van der Waals surface area contributed by atoms with Crippen LogP contribution in [0.3, 0.4) is 0 Å². The van der Waals surface area contributed by atoms with Crippen LogP contribution in [-0.4, -0.2) is 33.9 Å². The van der Waals surface area contributed by atoms with Crippen molar-refractivity contribution >= 4 is 44.5 Å². The fourth-order valence-corrected chi connectivity index (χ4v) is 4.54. The Morgan fingerprint density at radius 1 is 1.06 bits per heavy atom. The Bertz CT molecular complexity index is 1240. The lowest BCUT2D eigenvalue weighted by Crippen LogP contribution is -2.32. The van der Waals surface area contributed by atoms with E-state index in [0.717, 1.165) is 29.1 Å². The summed E-state index contributed by atoms with van der Waals surface area (Å²) < 4.78 is 45.9. The maximum atomic E-state index is 13.1. The SMILES string of the molecule is COc1ccc(NC(=O)CNC(=O)c2ccc(C)s2)cc1NS(=O)(=O)c1ccc(F)cc1. The predicted molar refractivity (Wildman–Crippen MR) is 120 cm³/mol. The summed E-state index contributed by atoms with van der Waals surface area (Å²) in [5.74, 6) is -1.20. The van der Waals surface area contributed by atoms with Crippen LogP contribution in [0.2, 0.25) is 0 Å². The highest BCUT2D eigenvalue weighted by molar-refractivity contribution is 7.92. The number of nitrogens with one attached hydrogen (secondary N) is 3. The molecule has 0 fully saturated rings. The molecule has 0 aliphatic rings. The number of ether oxygens (including phenoxy) is 1. The van der Waals surface area contributed by atoms with Crippen LogP contribution < -0.4 is 20.1 Å². The summed E-state index contributed by atoms with van der Waals surface area (Å²) in [6.45, 7) is 1.61. The van der Waals surface area contributed by atoms with Gasteiger partial charge < -0.3 is 15.4 Å². The monoisotopic (exact) mass is 477 g/mol. The molecule has 0 aliphatic carbocycles. The quantitative estimate of drug-likeness (QED) is 0.460. The van der Waals surface area contributed by atoms with E-state index in [1.165, 1.54) is 36.6 Å². The number of carbonyl (C=O) groups excluding carboxylic acids is 2. The number of sulfonamides is 1. The van der Waals surface area contributed by atoms with E-state index in [1.54, 1.807) is 6.07 Å². The summed E-state index contributed by atoms with van der Waals surface area (Å²) in [5.41, 5.74) is 0.363. The van der Waals surface area contributed by atoms with E-state index >= 15 is 0 Å². The third-order valence-electron chi connectivity index (χ3n) is 4.23. The fraction of sp³-hybridized carbons (Fsp3) is 0.143. The first-order valence-electron chi connectivity index (χ1n) is 9.29. The van der Waals surface area contributed by atoms with Crippen molar-refractivity contribution in [3.63, 3.8) is 0 Å². The molecule has 3 aromatic rings. The summed E-state index contributed by atoms with van der Waals surface area (Å²) in [4.78, 5) is 25.6. The fourth-order valence-electron chi connectivity index (χ4n) is 2.69. The van der Waals surface area contributed by atoms with Crippen molar-refractivity contribution in [2.45, 2.75) is 11.8 Å². The van der Waals surface area contributed by atoms with Crippen LogP contribution in [0, 0.1) is 12.7 Å². The van der Waals surface area contributed by atoms with Crippen molar-refractivity contribution in [1.82, 2.24) is 5.32 Å². The molecule has 2 aromatic carbocycles. The molecule has 0 saturated carbocycles. The van der Waals surface area contributed by atoms with Crippen LogP contribution in [0.15, 0.2) is 59.5 Å². The lowest BCUT2D eigenvalue weighted by molar-refractivity contribution is -0.115. The number of aryl methyl sites for hydroxylation is 1. The molecule has 0 bridgehead atoms. The second kappa shape index (κ2) is 9.79. The Labute approximate surface area is 188 Å². The number of thiophene rings is 1. The molecule has 168 valence electrons. The van der Waals surface area contributed by atoms with Crippen molar-refractivity contribution < 1.29 is 27.1 Å². The molecule has 3 rings (SSSR count). The third kappa shape index (κ3) is 5.83. The van der Waals surface area contributed by atoms with E-state index in [4.69, 9.17) is 4.74 Å². The van der Waals surface area contributed by atoms with Crippen molar-refractivity contribution in [3.05, 3.63) is 70.2 Å². The Morgan fingerprint density at radius 3 is 2.41 bits per heavy atom. The molecule has 32 heavy (non-hydrogen) atoms. The second-order valence-electron chi connectivity index (χ2n) is 6.62. The Morgan fingerprint density at radius 2 is 1.78 bits per heavy atom. The largest absolute Gasteiger partial charge is 0.495 e. The van der Waals surface area contributed by atoms with Gasteiger partial charge in [-0.2, -0.15) is 0 Å². The van der Waals surface area contributed by atoms with Gasteiger partial charge in [0, 0.05) is 10.6 Å². The topological polar surface area (TPSA) is 114 Å². The minimum Gasteiger partial charge on any atom is -0.495 e. The van der Waals surface area contributed by atoms with Crippen molar-refractivity contribution in [3.8, 4) is 5.75 Å². The lowest BCUT2D eigenvalue weighted by atomic mass is 10.2. The Kier molecular flexibility index (Phi) is 7.11. The molecular weight excluding hydrogens is 457 g/mol. The van der Waals surface area contributed by atoms with Gasteiger partial charge in [0.25, 0.3) is 15.9 Å². The van der Waals surface area contributed by atoms with Crippen LogP contribution in [0.1, 0.15) is 14.5 Å². The number of anilines is 2. The Hall–Kier alpha value is -3.44. The van der Waals surface area contributed by atoms with Gasteiger partial charge in [-0.25, -0.2) is 12.8 Å². The summed E-state index contributed by atoms with van der Waals surface area (Å²) in [6, 6.07) is 12.2. The molecule has 3 N–H and O–H groups in total. The number of hydrogen-bond acceptors (Lipinski definition) is 6. The minimum absolute atomic E-state index is 0.0766. The predicted octanol–water partition coefficient (Wildman–Crippen LogP) is 3.37. The molecule has 2 amide bonds. The number of rotatable bonds is 8. The third-order valence-corrected chi connectivity index (χ3v) is 6.61. The van der Waals surface area contributed by atoms with Crippen LogP contribution in [0.25, 0.3) is 0 Å². The highest BCUT2D eigenvalue weighted by atomic mass is 32.2. The Balaban J connectivity index is 1.69. The smallest absolute Gasteiger partial charge is 0.262 e. The highest BCUT2D eigenvalue weighted by Gasteiger charge is 2.18. The maximum absolute atomic E-state index is 13.1. The first-order valence-corrected chi connectivity index (χ1v) is 11.6. The molecule has 0 aliphatic heterocycles. The zero-order valence-electron chi connectivity index (χ0n) is 17.1. The number of amides is 2. The van der Waals surface area contributed by atoms with Crippen LogP contribution in [0.5, 0.6) is 5.75 Å². The molecule has 0 radical (unpaired) electrons. The molecule has 0 atom stereocenters. The summed E-state index contributed by atoms with van der Waals surface area (Å²) >= 11 is 1.32. The molecular formula is C21H20FN3O5S2. The van der Waals surface area contributed by atoms with Gasteiger partial charge in [-0.3, -0.25) is 14.3 Å². The summed E-state index contributed by atoms with van der Waals surface area (Å²) in [6.07, 6.45) is 0. The van der Waals surface area contributed by atoms with Crippen LogP contribution in [0.4, 0.5) is 15.8 Å². The van der Waals surface area contributed by atoms with Gasteiger partial charge in [0.2, 0.25) is 5.91 Å². The first kappa shape index (κ1) is 23.2. The maximum Gasteiger partial charge on any atom is 0.262 e. The molecule has 0 unspecified atom stereocenters. The van der Waals surface area contributed by atoms with E-state index in [1.807, 2.05) is 13.0 Å². The van der Waals surface area contributed by atoms with Gasteiger partial charge in [-0.05, 0) is 61.5 Å². The van der Waals surface area contributed by atoms with E-state index in [0.29, 0.717) is 4.88 Å². The number of halogens is 1. The van der Waals surface area contributed by atoms with Crippen LogP contribution in [-0.2, 0) is 14.8 Å².